The fraction of sp³-hybridized carbons (Fsp3) is 0.400. The molecule has 162 valence electrons. The predicted molar refractivity (Wildman–Crippen MR) is 125 cm³/mol. The van der Waals surface area contributed by atoms with Gasteiger partial charge >= 0.3 is 0 Å². The van der Waals surface area contributed by atoms with Crippen LogP contribution in [0.3, 0.4) is 0 Å². The number of fused-ring (bicyclic) bond motifs is 1. The Morgan fingerprint density at radius 2 is 1.84 bits per heavy atom. The van der Waals surface area contributed by atoms with Crippen LogP contribution in [0.2, 0.25) is 5.02 Å². The Morgan fingerprint density at radius 3 is 2.68 bits per heavy atom. The van der Waals surface area contributed by atoms with Gasteiger partial charge in [0.2, 0.25) is 0 Å². The lowest BCUT2D eigenvalue weighted by Crippen LogP contribution is -2.55. The number of hydrogen-bond acceptors (Lipinski definition) is 4. The molecule has 0 spiro atoms. The van der Waals surface area contributed by atoms with Gasteiger partial charge in [0.25, 0.3) is 0 Å². The smallest absolute Gasteiger partial charge is 0.123 e. The third-order valence-electron chi connectivity index (χ3n) is 6.58. The van der Waals surface area contributed by atoms with E-state index in [4.69, 9.17) is 16.6 Å². The van der Waals surface area contributed by atoms with E-state index < -0.39 is 0 Å². The summed E-state index contributed by atoms with van der Waals surface area (Å²) in [4.78, 5) is 12.4. The van der Waals surface area contributed by atoms with Crippen LogP contribution in [-0.4, -0.2) is 60.1 Å². The maximum atomic E-state index is 13.4. The van der Waals surface area contributed by atoms with E-state index in [0.717, 1.165) is 67.4 Å². The number of hydrogen-bond donors (Lipinski definition) is 0. The van der Waals surface area contributed by atoms with Crippen molar-refractivity contribution in [2.75, 3.05) is 44.2 Å². The monoisotopic (exact) mass is 438 g/mol. The standard InChI is InChI=1S/C25H28ClFN4/c26-20-3-1-4-23(16-20)30-11-13-31(14-12-30)24-5-2-10-29(18-24)17-22-8-6-19-15-21(27)7-9-25(19)28-22/h1,3-4,6-9,15-16,24H,2,5,10-14,17-18H2. The largest absolute Gasteiger partial charge is 0.369 e. The van der Waals surface area contributed by atoms with Gasteiger partial charge in [0.1, 0.15) is 5.82 Å². The molecule has 3 heterocycles. The van der Waals surface area contributed by atoms with Crippen molar-refractivity contribution < 1.29 is 4.39 Å². The van der Waals surface area contributed by atoms with Crippen molar-refractivity contribution in [3.63, 3.8) is 0 Å². The summed E-state index contributed by atoms with van der Waals surface area (Å²) in [5.74, 6) is -0.212. The lowest BCUT2D eigenvalue weighted by Gasteiger charge is -2.44. The zero-order chi connectivity index (χ0) is 21.2. The van der Waals surface area contributed by atoms with Crippen LogP contribution < -0.4 is 4.90 Å². The van der Waals surface area contributed by atoms with Crippen molar-refractivity contribution >= 4 is 28.2 Å². The molecule has 1 atom stereocenters. The van der Waals surface area contributed by atoms with Crippen LogP contribution in [-0.2, 0) is 6.54 Å². The number of aromatic nitrogens is 1. The Balaban J connectivity index is 1.18. The average Bonchev–Trinajstić information content (AvgIpc) is 2.79. The van der Waals surface area contributed by atoms with Gasteiger partial charge in [-0.15, -0.1) is 0 Å². The molecule has 2 aliphatic rings. The second-order valence-electron chi connectivity index (χ2n) is 8.67. The Bertz CT molecular complexity index is 1050. The highest BCUT2D eigenvalue weighted by atomic mass is 35.5. The molecule has 0 amide bonds. The maximum absolute atomic E-state index is 13.4. The van der Waals surface area contributed by atoms with Crippen molar-refractivity contribution in [3.8, 4) is 0 Å². The number of piperidine rings is 1. The highest BCUT2D eigenvalue weighted by Crippen LogP contribution is 2.24. The minimum atomic E-state index is -0.212. The lowest BCUT2D eigenvalue weighted by molar-refractivity contribution is 0.0881. The number of benzene rings is 2. The summed E-state index contributed by atoms with van der Waals surface area (Å²) in [5.41, 5.74) is 3.15. The quantitative estimate of drug-likeness (QED) is 0.582. The van der Waals surface area contributed by atoms with Gasteiger partial charge in [0, 0.05) is 61.4 Å². The normalized spacial score (nSPS) is 21.0. The summed E-state index contributed by atoms with van der Waals surface area (Å²) < 4.78 is 13.4. The van der Waals surface area contributed by atoms with Crippen molar-refractivity contribution in [3.05, 3.63) is 71.1 Å². The molecular weight excluding hydrogens is 411 g/mol. The second kappa shape index (κ2) is 9.11. The van der Waals surface area contributed by atoms with Crippen LogP contribution >= 0.6 is 11.6 Å². The van der Waals surface area contributed by atoms with Gasteiger partial charge in [-0.25, -0.2) is 4.39 Å². The molecule has 0 saturated carbocycles. The molecule has 0 bridgehead atoms. The van der Waals surface area contributed by atoms with E-state index in [9.17, 15) is 4.39 Å². The van der Waals surface area contributed by atoms with Gasteiger partial charge < -0.3 is 4.90 Å². The molecule has 2 fully saturated rings. The minimum absolute atomic E-state index is 0.212. The predicted octanol–water partition coefficient (Wildman–Crippen LogP) is 4.81. The van der Waals surface area contributed by atoms with Gasteiger partial charge in [-0.3, -0.25) is 14.8 Å². The molecule has 0 aliphatic carbocycles. The fourth-order valence-electron chi connectivity index (χ4n) is 4.95. The summed E-state index contributed by atoms with van der Waals surface area (Å²) in [7, 11) is 0. The molecule has 0 N–H and O–H groups in total. The van der Waals surface area contributed by atoms with Gasteiger partial charge in [-0.1, -0.05) is 23.7 Å². The first-order valence-corrected chi connectivity index (χ1v) is 11.5. The summed E-state index contributed by atoms with van der Waals surface area (Å²) in [5, 5.41) is 1.66. The fourth-order valence-corrected chi connectivity index (χ4v) is 5.13. The summed E-state index contributed by atoms with van der Waals surface area (Å²) in [6.45, 7) is 7.31. The molecule has 0 radical (unpaired) electrons. The molecule has 2 aromatic carbocycles. The van der Waals surface area contributed by atoms with E-state index in [2.05, 4.69) is 26.8 Å². The van der Waals surface area contributed by atoms with Crippen molar-refractivity contribution in [2.45, 2.75) is 25.4 Å². The third kappa shape index (κ3) is 4.84. The van der Waals surface area contributed by atoms with Crippen LogP contribution in [0.4, 0.5) is 10.1 Å². The third-order valence-corrected chi connectivity index (χ3v) is 6.81. The Labute approximate surface area is 188 Å². The van der Waals surface area contributed by atoms with Crippen molar-refractivity contribution in [1.29, 1.82) is 0 Å². The topological polar surface area (TPSA) is 22.6 Å². The van der Waals surface area contributed by atoms with Crippen molar-refractivity contribution in [1.82, 2.24) is 14.8 Å². The Morgan fingerprint density at radius 1 is 0.968 bits per heavy atom. The highest BCUT2D eigenvalue weighted by molar-refractivity contribution is 6.30. The van der Waals surface area contributed by atoms with Gasteiger partial charge in [-0.05, 0) is 61.9 Å². The van der Waals surface area contributed by atoms with E-state index in [0.29, 0.717) is 6.04 Å². The molecule has 3 aromatic rings. The summed E-state index contributed by atoms with van der Waals surface area (Å²) in [6, 6.07) is 17.6. The maximum Gasteiger partial charge on any atom is 0.123 e. The summed E-state index contributed by atoms with van der Waals surface area (Å²) >= 11 is 6.17. The van der Waals surface area contributed by atoms with Gasteiger partial charge in [-0.2, -0.15) is 0 Å². The lowest BCUT2D eigenvalue weighted by atomic mass is 10.0. The minimum Gasteiger partial charge on any atom is -0.369 e. The number of rotatable bonds is 4. The molecule has 1 aromatic heterocycles. The number of piperazine rings is 1. The number of halogens is 2. The molecule has 5 rings (SSSR count). The van der Waals surface area contributed by atoms with Gasteiger partial charge in [0.05, 0.1) is 11.2 Å². The molecular formula is C25H28ClFN4. The van der Waals surface area contributed by atoms with Crippen LogP contribution in [0.25, 0.3) is 10.9 Å². The molecule has 4 nitrogen and oxygen atoms in total. The number of anilines is 1. The molecule has 31 heavy (non-hydrogen) atoms. The first-order chi connectivity index (χ1) is 15.1. The summed E-state index contributed by atoms with van der Waals surface area (Å²) in [6.07, 6.45) is 2.48. The number of pyridine rings is 1. The van der Waals surface area contributed by atoms with Crippen LogP contribution in [0.15, 0.2) is 54.6 Å². The van der Waals surface area contributed by atoms with Crippen molar-refractivity contribution in [2.24, 2.45) is 0 Å². The first-order valence-electron chi connectivity index (χ1n) is 11.2. The van der Waals surface area contributed by atoms with E-state index >= 15 is 0 Å². The van der Waals surface area contributed by atoms with E-state index in [1.165, 1.54) is 24.6 Å². The van der Waals surface area contributed by atoms with E-state index in [-0.39, 0.29) is 5.82 Å². The molecule has 1 unspecified atom stereocenters. The molecule has 6 heteroatoms. The van der Waals surface area contributed by atoms with Crippen LogP contribution in [0.1, 0.15) is 18.5 Å². The SMILES string of the molecule is Fc1ccc2nc(CN3CCCC(N4CCN(c5cccc(Cl)c5)CC4)C3)ccc2c1. The number of nitrogens with zero attached hydrogens (tertiary/aromatic N) is 4. The van der Waals surface area contributed by atoms with E-state index in [1.54, 1.807) is 12.1 Å². The second-order valence-corrected chi connectivity index (χ2v) is 9.11. The average molecular weight is 439 g/mol. The van der Waals surface area contributed by atoms with E-state index in [1.807, 2.05) is 24.3 Å². The van der Waals surface area contributed by atoms with Crippen LogP contribution in [0.5, 0.6) is 0 Å². The zero-order valence-electron chi connectivity index (χ0n) is 17.7. The number of likely N-dealkylation sites (tertiary alicyclic amines) is 1. The Kier molecular flexibility index (Phi) is 6.08. The molecule has 2 aliphatic heterocycles. The molecule has 2 saturated heterocycles. The van der Waals surface area contributed by atoms with Crippen LogP contribution in [0, 0.1) is 5.82 Å². The first kappa shape index (κ1) is 20.7. The van der Waals surface area contributed by atoms with Gasteiger partial charge in [0.15, 0.2) is 0 Å². The highest BCUT2D eigenvalue weighted by Gasteiger charge is 2.28. The Hall–Kier alpha value is -2.21. The zero-order valence-corrected chi connectivity index (χ0v) is 18.4.